The molecule has 0 unspecified atom stereocenters. The van der Waals surface area contributed by atoms with Gasteiger partial charge in [0.2, 0.25) is 0 Å². The number of allylic oxidation sites excluding steroid dienone is 1. The minimum atomic E-state index is -1.07. The lowest BCUT2D eigenvalue weighted by Crippen LogP contribution is -2.33. The molecule has 9 heteroatoms. The summed E-state index contributed by atoms with van der Waals surface area (Å²) in [6.07, 6.45) is 11.3. The molecule has 170 valence electrons. The summed E-state index contributed by atoms with van der Waals surface area (Å²) in [5, 5.41) is 14.4. The molecule has 33 heavy (non-hydrogen) atoms. The van der Waals surface area contributed by atoms with E-state index in [9.17, 15) is 4.79 Å². The van der Waals surface area contributed by atoms with Gasteiger partial charge in [-0.25, -0.2) is 14.8 Å². The maximum atomic E-state index is 11.0. The molecule has 0 radical (unpaired) electrons. The van der Waals surface area contributed by atoms with Gasteiger partial charge >= 0.3 is 5.97 Å². The number of carboxylic acids is 1. The number of hydrogen-bond acceptors (Lipinski definition) is 6. The molecule has 2 aromatic heterocycles. The fourth-order valence-corrected chi connectivity index (χ4v) is 4.74. The number of nitrogens with zero attached hydrogens (tertiary/aromatic N) is 4. The van der Waals surface area contributed by atoms with Gasteiger partial charge in [-0.05, 0) is 43.7 Å². The Hall–Kier alpha value is -2.90. The Bertz CT molecular complexity index is 1180. The molecule has 2 aliphatic rings. The molecule has 1 saturated carbocycles. The van der Waals surface area contributed by atoms with Gasteiger partial charge in [0, 0.05) is 30.1 Å². The minimum absolute atomic E-state index is 0.0498. The van der Waals surface area contributed by atoms with Gasteiger partial charge in [0.25, 0.3) is 0 Å². The van der Waals surface area contributed by atoms with E-state index in [0.717, 1.165) is 50.1 Å². The molecule has 3 heterocycles. The van der Waals surface area contributed by atoms with E-state index < -0.39 is 5.97 Å². The number of piperidine rings is 1. The van der Waals surface area contributed by atoms with Crippen molar-refractivity contribution in [1.82, 2.24) is 15.1 Å². The summed E-state index contributed by atoms with van der Waals surface area (Å²) in [5.74, 6) is 1.33. The van der Waals surface area contributed by atoms with E-state index in [2.05, 4.69) is 32.2 Å². The van der Waals surface area contributed by atoms with Crippen LogP contribution in [0.4, 0.5) is 5.82 Å². The SMILES string of the molecule is O=C(O)c1cnc(N2CCC(C=Cc3c(-c4c(Cl)cccc4Cl)noc3C3CC3)CC2)cn1. The fraction of sp³-hybridized carbons (Fsp3) is 0.333. The van der Waals surface area contributed by atoms with Crippen molar-refractivity contribution in [3.05, 3.63) is 63.7 Å². The molecular weight excluding hydrogens is 463 g/mol. The summed E-state index contributed by atoms with van der Waals surface area (Å²) in [5.41, 5.74) is 2.31. The standard InChI is InChI=1S/C24H22Cl2N4O3/c25-17-2-1-3-18(26)21(17)22-16(23(33-29-22)15-5-6-15)7-4-14-8-10-30(11-9-14)20-13-27-19(12-28-20)24(31)32/h1-4,7,12-15H,5-6,8-11H2,(H,31,32). The van der Waals surface area contributed by atoms with E-state index in [1.54, 1.807) is 0 Å². The van der Waals surface area contributed by atoms with Crippen LogP contribution in [0.1, 0.15) is 53.4 Å². The summed E-state index contributed by atoms with van der Waals surface area (Å²) in [4.78, 5) is 21.3. The average molecular weight is 485 g/mol. The van der Waals surface area contributed by atoms with Crippen LogP contribution in [0.2, 0.25) is 10.0 Å². The van der Waals surface area contributed by atoms with Gasteiger partial charge in [0.15, 0.2) is 5.69 Å². The van der Waals surface area contributed by atoms with E-state index in [1.165, 1.54) is 12.4 Å². The third-order valence-corrected chi connectivity index (χ3v) is 6.79. The van der Waals surface area contributed by atoms with E-state index >= 15 is 0 Å². The van der Waals surface area contributed by atoms with Crippen molar-refractivity contribution in [2.45, 2.75) is 31.6 Å². The largest absolute Gasteiger partial charge is 0.476 e. The van der Waals surface area contributed by atoms with Crippen LogP contribution in [0, 0.1) is 5.92 Å². The second-order valence-electron chi connectivity index (χ2n) is 8.43. The van der Waals surface area contributed by atoms with E-state index in [0.29, 0.717) is 39.0 Å². The zero-order valence-corrected chi connectivity index (χ0v) is 19.3. The Morgan fingerprint density at radius 1 is 1.09 bits per heavy atom. The quantitative estimate of drug-likeness (QED) is 0.462. The first-order chi connectivity index (χ1) is 16.0. The minimum Gasteiger partial charge on any atom is -0.476 e. The second kappa shape index (κ2) is 9.15. The van der Waals surface area contributed by atoms with Crippen molar-refractivity contribution >= 4 is 41.1 Å². The van der Waals surface area contributed by atoms with Crippen LogP contribution >= 0.6 is 23.2 Å². The lowest BCUT2D eigenvalue weighted by molar-refractivity contribution is 0.0690. The van der Waals surface area contributed by atoms with Crippen LogP contribution in [0.5, 0.6) is 0 Å². The Kier molecular flexibility index (Phi) is 6.08. The molecule has 0 bridgehead atoms. The third-order valence-electron chi connectivity index (χ3n) is 6.16. The maximum absolute atomic E-state index is 11.0. The second-order valence-corrected chi connectivity index (χ2v) is 9.24. The number of benzene rings is 1. The van der Waals surface area contributed by atoms with Crippen molar-refractivity contribution in [3.63, 3.8) is 0 Å². The zero-order chi connectivity index (χ0) is 22.9. The summed E-state index contributed by atoms with van der Waals surface area (Å²) >= 11 is 12.9. The summed E-state index contributed by atoms with van der Waals surface area (Å²) in [6, 6.07) is 5.44. The van der Waals surface area contributed by atoms with Crippen molar-refractivity contribution in [3.8, 4) is 11.3 Å². The maximum Gasteiger partial charge on any atom is 0.356 e. The number of carboxylic acid groups (broad SMARTS) is 1. The fourth-order valence-electron chi connectivity index (χ4n) is 4.16. The first-order valence-corrected chi connectivity index (χ1v) is 11.7. The normalized spacial score (nSPS) is 17.1. The Labute approximate surface area is 201 Å². The van der Waals surface area contributed by atoms with Crippen LogP contribution in [-0.2, 0) is 0 Å². The van der Waals surface area contributed by atoms with Crippen molar-refractivity contribution in [2.75, 3.05) is 18.0 Å². The molecule has 1 aliphatic heterocycles. The van der Waals surface area contributed by atoms with Gasteiger partial charge in [-0.2, -0.15) is 0 Å². The van der Waals surface area contributed by atoms with Crippen LogP contribution < -0.4 is 4.90 Å². The lowest BCUT2D eigenvalue weighted by Gasteiger charge is -2.31. The highest BCUT2D eigenvalue weighted by atomic mass is 35.5. The van der Waals surface area contributed by atoms with Gasteiger partial charge in [0.1, 0.15) is 17.3 Å². The topological polar surface area (TPSA) is 92.3 Å². The average Bonchev–Trinajstić information content (AvgIpc) is 3.58. The summed E-state index contributed by atoms with van der Waals surface area (Å²) < 4.78 is 5.74. The number of anilines is 1. The Morgan fingerprint density at radius 2 is 1.82 bits per heavy atom. The van der Waals surface area contributed by atoms with Gasteiger partial charge < -0.3 is 14.5 Å². The highest BCUT2D eigenvalue weighted by Crippen LogP contribution is 2.46. The molecule has 1 aliphatic carbocycles. The molecule has 0 amide bonds. The first kappa shape index (κ1) is 21.9. The van der Waals surface area contributed by atoms with Crippen molar-refractivity contribution in [1.29, 1.82) is 0 Å². The molecule has 0 atom stereocenters. The number of hydrogen-bond donors (Lipinski definition) is 1. The van der Waals surface area contributed by atoms with Crippen LogP contribution in [0.3, 0.4) is 0 Å². The summed E-state index contributed by atoms with van der Waals surface area (Å²) in [6.45, 7) is 1.64. The van der Waals surface area contributed by atoms with E-state index in [4.69, 9.17) is 32.8 Å². The number of rotatable bonds is 6. The van der Waals surface area contributed by atoms with Crippen molar-refractivity contribution < 1.29 is 14.4 Å². The monoisotopic (exact) mass is 484 g/mol. The number of carbonyl (C=O) groups is 1. The van der Waals surface area contributed by atoms with E-state index in [-0.39, 0.29) is 5.69 Å². The lowest BCUT2D eigenvalue weighted by atomic mass is 9.94. The van der Waals surface area contributed by atoms with Gasteiger partial charge in [-0.1, -0.05) is 46.6 Å². The van der Waals surface area contributed by atoms with Crippen LogP contribution in [0.25, 0.3) is 17.3 Å². The molecule has 1 aromatic carbocycles. The molecule has 2 fully saturated rings. The van der Waals surface area contributed by atoms with Gasteiger partial charge in [-0.3, -0.25) is 0 Å². The Morgan fingerprint density at radius 3 is 2.42 bits per heavy atom. The zero-order valence-electron chi connectivity index (χ0n) is 17.7. The Balaban J connectivity index is 1.32. The predicted molar refractivity (Wildman–Crippen MR) is 127 cm³/mol. The molecule has 1 saturated heterocycles. The van der Waals surface area contributed by atoms with Crippen molar-refractivity contribution in [2.24, 2.45) is 5.92 Å². The highest BCUT2D eigenvalue weighted by Gasteiger charge is 2.32. The molecular formula is C24H22Cl2N4O3. The molecule has 3 aromatic rings. The smallest absolute Gasteiger partial charge is 0.356 e. The number of aromatic nitrogens is 3. The molecule has 5 rings (SSSR count). The number of aromatic carboxylic acids is 1. The molecule has 0 spiro atoms. The molecule has 7 nitrogen and oxygen atoms in total. The van der Waals surface area contributed by atoms with Gasteiger partial charge in [0.05, 0.1) is 22.4 Å². The molecule has 1 N–H and O–H groups in total. The van der Waals surface area contributed by atoms with Crippen LogP contribution in [-0.4, -0.2) is 39.3 Å². The number of halogens is 2. The van der Waals surface area contributed by atoms with Crippen LogP contribution in [0.15, 0.2) is 41.2 Å². The third kappa shape index (κ3) is 4.61. The predicted octanol–water partition coefficient (Wildman–Crippen LogP) is 5.94. The highest BCUT2D eigenvalue weighted by molar-refractivity contribution is 6.39. The summed E-state index contributed by atoms with van der Waals surface area (Å²) in [7, 11) is 0. The van der Waals surface area contributed by atoms with Gasteiger partial charge in [-0.15, -0.1) is 0 Å². The van der Waals surface area contributed by atoms with E-state index in [1.807, 2.05) is 18.2 Å². The first-order valence-electron chi connectivity index (χ1n) is 10.9.